The lowest BCUT2D eigenvalue weighted by Gasteiger charge is -2.46. The van der Waals surface area contributed by atoms with Crippen LogP contribution in [0.1, 0.15) is 48.5 Å². The highest BCUT2D eigenvalue weighted by atomic mass is 16.7. The third kappa shape index (κ3) is 1.74. The summed E-state index contributed by atoms with van der Waals surface area (Å²) in [5.41, 5.74) is 0.0845. The number of furan rings is 1. The summed E-state index contributed by atoms with van der Waals surface area (Å²) in [6.07, 6.45) is 1.68. The fourth-order valence-corrected chi connectivity index (χ4v) is 2.54. The van der Waals surface area contributed by atoms with Gasteiger partial charge in [-0.05, 0) is 33.8 Å². The van der Waals surface area contributed by atoms with E-state index in [1.165, 1.54) is 0 Å². The summed E-state index contributed by atoms with van der Waals surface area (Å²) in [5, 5.41) is -0.164. The predicted octanol–water partition coefficient (Wildman–Crippen LogP) is 3.33. The lowest BCUT2D eigenvalue weighted by Crippen LogP contribution is -2.57. The first-order valence-electron chi connectivity index (χ1n) is 6.60. The third-order valence-electron chi connectivity index (χ3n) is 4.43. The summed E-state index contributed by atoms with van der Waals surface area (Å²) in [5.74, 6) is 0. The van der Waals surface area contributed by atoms with Crippen LogP contribution in [0.25, 0.3) is 0 Å². The topological polar surface area (TPSA) is 31.6 Å². The molecule has 102 valence electrons. The van der Waals surface area contributed by atoms with Crippen LogP contribution >= 0.6 is 0 Å². The molecule has 1 fully saturated rings. The van der Waals surface area contributed by atoms with Crippen molar-refractivity contribution < 1.29 is 13.7 Å². The molecular formula is C14H24BO3-. The minimum atomic E-state index is -1.63. The van der Waals surface area contributed by atoms with Crippen LogP contribution in [0, 0.1) is 0 Å². The summed E-state index contributed by atoms with van der Waals surface area (Å²) < 4.78 is 18.4. The van der Waals surface area contributed by atoms with E-state index in [-0.39, 0.29) is 16.5 Å². The Morgan fingerprint density at radius 2 is 1.50 bits per heavy atom. The van der Waals surface area contributed by atoms with E-state index in [0.717, 1.165) is 5.66 Å². The zero-order chi connectivity index (χ0) is 13.8. The van der Waals surface area contributed by atoms with E-state index in [4.69, 9.17) is 13.7 Å². The smallest absolute Gasteiger partial charge is 0.311 e. The first-order chi connectivity index (χ1) is 8.02. The second-order valence-electron chi connectivity index (χ2n) is 7.35. The maximum absolute atomic E-state index is 6.41. The molecule has 1 aliphatic heterocycles. The molecule has 2 rings (SSSR count). The molecule has 1 aromatic rings. The first kappa shape index (κ1) is 13.7. The van der Waals surface area contributed by atoms with Gasteiger partial charge in [0.15, 0.2) is 0 Å². The fourth-order valence-electron chi connectivity index (χ4n) is 2.54. The summed E-state index contributed by atoms with van der Waals surface area (Å²) in [6, 6.07) is 3.83. The number of hydrogen-bond acceptors (Lipinski definition) is 3. The Bertz CT molecular complexity index is 410. The van der Waals surface area contributed by atoms with Crippen molar-refractivity contribution in [1.29, 1.82) is 0 Å². The Labute approximate surface area is 110 Å². The molecule has 3 nitrogen and oxygen atoms in total. The zero-order valence-electron chi connectivity index (χ0n) is 12.5. The van der Waals surface area contributed by atoms with Crippen molar-refractivity contribution in [3.8, 4) is 0 Å². The van der Waals surface area contributed by atoms with Crippen LogP contribution in [-0.4, -0.2) is 17.8 Å². The van der Waals surface area contributed by atoms with Gasteiger partial charge < -0.3 is 13.7 Å². The quantitative estimate of drug-likeness (QED) is 0.717. The lowest BCUT2D eigenvalue weighted by molar-refractivity contribution is 0.00578. The highest BCUT2D eigenvalue weighted by molar-refractivity contribution is 6.83. The Morgan fingerprint density at radius 3 is 1.83 bits per heavy atom. The molecule has 0 saturated carbocycles. The largest absolute Gasteiger partial charge is 0.556 e. The average molecular weight is 251 g/mol. The van der Waals surface area contributed by atoms with Gasteiger partial charge in [-0.1, -0.05) is 26.8 Å². The van der Waals surface area contributed by atoms with E-state index < -0.39 is 6.55 Å². The Kier molecular flexibility index (Phi) is 2.77. The van der Waals surface area contributed by atoms with Crippen molar-refractivity contribution in [2.75, 3.05) is 0 Å². The van der Waals surface area contributed by atoms with Gasteiger partial charge in [-0.25, -0.2) is 0 Å². The van der Waals surface area contributed by atoms with Crippen molar-refractivity contribution in [3.05, 3.63) is 18.4 Å². The van der Waals surface area contributed by atoms with Crippen molar-refractivity contribution in [1.82, 2.24) is 0 Å². The van der Waals surface area contributed by atoms with Crippen molar-refractivity contribution >= 4 is 12.2 Å². The maximum Gasteiger partial charge on any atom is 0.311 e. The van der Waals surface area contributed by atoms with E-state index in [1.807, 2.05) is 12.1 Å². The second-order valence-corrected chi connectivity index (χ2v) is 7.35. The summed E-state index contributed by atoms with van der Waals surface area (Å²) in [4.78, 5) is 0. The predicted molar refractivity (Wildman–Crippen MR) is 74.1 cm³/mol. The van der Waals surface area contributed by atoms with E-state index in [9.17, 15) is 0 Å². The Hall–Kier alpha value is -0.735. The molecule has 0 aliphatic carbocycles. The molecule has 4 heteroatoms. The molecular weight excluding hydrogens is 227 g/mol. The summed E-state index contributed by atoms with van der Waals surface area (Å²) in [6.45, 7) is 13.1. The van der Waals surface area contributed by atoms with E-state index in [0.29, 0.717) is 0 Å². The van der Waals surface area contributed by atoms with Gasteiger partial charge in [0.25, 0.3) is 0 Å². The highest BCUT2D eigenvalue weighted by Gasteiger charge is 2.58. The SMILES string of the molecule is CC(C)(C)[B-]1(c2ccco2)OC(C)(C)C(C)(C)O1. The molecule has 2 heterocycles. The maximum atomic E-state index is 6.41. The van der Waals surface area contributed by atoms with Crippen molar-refractivity contribution in [2.24, 2.45) is 0 Å². The molecule has 0 unspecified atom stereocenters. The zero-order valence-corrected chi connectivity index (χ0v) is 12.5. The minimum absolute atomic E-state index is 0.164. The van der Waals surface area contributed by atoms with Crippen LogP contribution in [0.5, 0.6) is 0 Å². The molecule has 1 aliphatic rings. The van der Waals surface area contributed by atoms with Gasteiger partial charge in [0, 0.05) is 16.9 Å². The normalized spacial score (nSPS) is 25.3. The molecule has 0 atom stereocenters. The average Bonchev–Trinajstić information content (AvgIpc) is 2.70. The van der Waals surface area contributed by atoms with Gasteiger partial charge in [0.05, 0.1) is 6.26 Å². The lowest BCUT2D eigenvalue weighted by atomic mass is 9.38. The van der Waals surface area contributed by atoms with Crippen LogP contribution in [0.15, 0.2) is 22.8 Å². The van der Waals surface area contributed by atoms with Crippen molar-refractivity contribution in [3.63, 3.8) is 0 Å². The van der Waals surface area contributed by atoms with E-state index >= 15 is 0 Å². The van der Waals surface area contributed by atoms with Gasteiger partial charge in [0.2, 0.25) is 0 Å². The molecule has 0 amide bonds. The third-order valence-corrected chi connectivity index (χ3v) is 4.43. The van der Waals surface area contributed by atoms with E-state index in [2.05, 4.69) is 48.5 Å². The molecule has 0 radical (unpaired) electrons. The van der Waals surface area contributed by atoms with Crippen molar-refractivity contribution in [2.45, 2.75) is 65.0 Å². The van der Waals surface area contributed by atoms with Gasteiger partial charge >= 0.3 is 6.55 Å². The summed E-state index contributed by atoms with van der Waals surface area (Å²) in [7, 11) is 0. The van der Waals surface area contributed by atoms with Crippen LogP contribution in [-0.2, 0) is 9.31 Å². The molecule has 18 heavy (non-hydrogen) atoms. The van der Waals surface area contributed by atoms with Crippen LogP contribution < -0.4 is 5.66 Å². The van der Waals surface area contributed by atoms with Crippen LogP contribution in [0.2, 0.25) is 5.31 Å². The number of hydrogen-bond donors (Lipinski definition) is 0. The Balaban J connectivity index is 2.56. The van der Waals surface area contributed by atoms with Crippen LogP contribution in [0.3, 0.4) is 0 Å². The van der Waals surface area contributed by atoms with Gasteiger partial charge in [-0.3, -0.25) is 0 Å². The Morgan fingerprint density at radius 1 is 1.00 bits per heavy atom. The monoisotopic (exact) mass is 251 g/mol. The summed E-state index contributed by atoms with van der Waals surface area (Å²) >= 11 is 0. The molecule has 0 bridgehead atoms. The minimum Gasteiger partial charge on any atom is -0.556 e. The molecule has 1 aromatic heterocycles. The molecule has 1 saturated heterocycles. The number of rotatable bonds is 1. The standard InChI is InChI=1S/C14H24BO3/c1-12(2,3)15(11-9-8-10-16-11)17-13(4,5)14(6,7)18-15/h8-10H,1-7H3/q-1. The second kappa shape index (κ2) is 3.64. The van der Waals surface area contributed by atoms with Crippen LogP contribution in [0.4, 0.5) is 0 Å². The molecule has 0 aromatic carbocycles. The molecule has 0 N–H and O–H groups in total. The van der Waals surface area contributed by atoms with Gasteiger partial charge in [0.1, 0.15) is 0 Å². The first-order valence-corrected chi connectivity index (χ1v) is 6.60. The fraction of sp³-hybridized carbons (Fsp3) is 0.714. The van der Waals surface area contributed by atoms with Gasteiger partial charge in [-0.2, -0.15) is 0 Å². The highest BCUT2D eigenvalue weighted by Crippen LogP contribution is 2.50. The molecule has 0 spiro atoms. The van der Waals surface area contributed by atoms with Gasteiger partial charge in [-0.15, -0.1) is 5.31 Å². The van der Waals surface area contributed by atoms with E-state index in [1.54, 1.807) is 6.26 Å².